The number of hydrogen-bond acceptors (Lipinski definition) is 5. The molecule has 0 atom stereocenters. The maximum absolute atomic E-state index is 12.7. The maximum Gasteiger partial charge on any atom is 0.262 e. The molecule has 2 heterocycles. The molecule has 8 heteroatoms. The number of carbonyl (C=O) groups excluding carboxylic acids is 1. The van der Waals surface area contributed by atoms with Crippen molar-refractivity contribution in [3.8, 4) is 0 Å². The molecule has 2 aromatic heterocycles. The van der Waals surface area contributed by atoms with E-state index in [1.54, 1.807) is 11.6 Å². The number of anilines is 1. The molecule has 1 fully saturated rings. The van der Waals surface area contributed by atoms with Crippen LogP contribution in [0, 0.1) is 13.8 Å². The molecular weight excluding hydrogens is 370 g/mol. The number of nitrogens with zero attached hydrogens (tertiary/aromatic N) is 4. The lowest BCUT2D eigenvalue weighted by molar-refractivity contribution is 0.102. The lowest BCUT2D eigenvalue weighted by atomic mass is 10.1. The molecule has 134 valence electrons. The van der Waals surface area contributed by atoms with E-state index in [4.69, 9.17) is 11.6 Å². The minimum atomic E-state index is -0.304. The summed E-state index contributed by atoms with van der Waals surface area (Å²) in [6.07, 6.45) is 2.30. The van der Waals surface area contributed by atoms with Crippen LogP contribution in [0.15, 0.2) is 24.3 Å². The maximum atomic E-state index is 12.7. The van der Waals surface area contributed by atoms with Gasteiger partial charge in [0.2, 0.25) is 5.13 Å². The second-order valence-electron chi connectivity index (χ2n) is 6.57. The van der Waals surface area contributed by atoms with Gasteiger partial charge in [-0.15, -0.1) is 10.2 Å². The topological polar surface area (TPSA) is 72.7 Å². The first-order valence-corrected chi connectivity index (χ1v) is 9.64. The van der Waals surface area contributed by atoms with Gasteiger partial charge >= 0.3 is 0 Å². The predicted molar refractivity (Wildman–Crippen MR) is 102 cm³/mol. The van der Waals surface area contributed by atoms with Crippen LogP contribution in [0.4, 0.5) is 5.13 Å². The highest BCUT2D eigenvalue weighted by Gasteiger charge is 2.28. The second-order valence-corrected chi connectivity index (χ2v) is 7.94. The van der Waals surface area contributed by atoms with E-state index in [1.807, 2.05) is 31.2 Å². The number of aromatic nitrogens is 4. The first-order valence-electron chi connectivity index (χ1n) is 8.44. The number of nitrogens with one attached hydrogen (secondary N) is 1. The van der Waals surface area contributed by atoms with Crippen LogP contribution in [-0.4, -0.2) is 25.9 Å². The molecule has 0 spiro atoms. The molecular formula is C18H18ClN5OS. The summed E-state index contributed by atoms with van der Waals surface area (Å²) < 4.78 is 1.65. The van der Waals surface area contributed by atoms with E-state index in [9.17, 15) is 4.79 Å². The molecule has 6 nitrogen and oxygen atoms in total. The van der Waals surface area contributed by atoms with Crippen molar-refractivity contribution in [2.24, 2.45) is 0 Å². The van der Waals surface area contributed by atoms with Crippen molar-refractivity contribution in [3.63, 3.8) is 0 Å². The standard InChI is InChI=1S/C18H18ClN5OS/c1-10-3-5-12(6-4-10)9-24-15(19)14(11(2)23-24)16(25)20-18-22-21-17(26-18)13-7-8-13/h3-6,13H,7-9H2,1-2H3,(H,20,22,25). The largest absolute Gasteiger partial charge is 0.296 e. The molecule has 0 bridgehead atoms. The van der Waals surface area contributed by atoms with Gasteiger partial charge in [-0.25, -0.2) is 4.68 Å². The quantitative estimate of drug-likeness (QED) is 0.712. The van der Waals surface area contributed by atoms with Crippen molar-refractivity contribution in [2.75, 3.05) is 5.32 Å². The van der Waals surface area contributed by atoms with E-state index in [0.29, 0.717) is 34.0 Å². The third-order valence-electron chi connectivity index (χ3n) is 4.33. The highest BCUT2D eigenvalue weighted by atomic mass is 35.5. The molecule has 1 N–H and O–H groups in total. The summed E-state index contributed by atoms with van der Waals surface area (Å²) in [4.78, 5) is 12.7. The van der Waals surface area contributed by atoms with Gasteiger partial charge in [-0.2, -0.15) is 5.10 Å². The molecule has 4 rings (SSSR count). The van der Waals surface area contributed by atoms with Gasteiger partial charge in [0.05, 0.1) is 17.8 Å². The Morgan fingerprint density at radius 3 is 2.69 bits per heavy atom. The number of amides is 1. The minimum absolute atomic E-state index is 0.304. The van der Waals surface area contributed by atoms with Crippen molar-refractivity contribution in [1.82, 2.24) is 20.0 Å². The van der Waals surface area contributed by atoms with Gasteiger partial charge in [0.1, 0.15) is 10.2 Å². The van der Waals surface area contributed by atoms with Crippen LogP contribution < -0.4 is 5.32 Å². The lowest BCUT2D eigenvalue weighted by Gasteiger charge is -2.05. The first-order chi connectivity index (χ1) is 12.5. The summed E-state index contributed by atoms with van der Waals surface area (Å²) >= 11 is 7.87. The fourth-order valence-corrected chi connectivity index (χ4v) is 3.95. The Morgan fingerprint density at radius 1 is 1.27 bits per heavy atom. The van der Waals surface area contributed by atoms with E-state index < -0.39 is 0 Å². The van der Waals surface area contributed by atoms with E-state index >= 15 is 0 Å². The number of aryl methyl sites for hydroxylation is 2. The fourth-order valence-electron chi connectivity index (χ4n) is 2.72. The number of halogens is 1. The zero-order valence-electron chi connectivity index (χ0n) is 14.5. The SMILES string of the molecule is Cc1ccc(Cn2nc(C)c(C(=O)Nc3nnc(C4CC4)s3)c2Cl)cc1. The summed E-state index contributed by atoms with van der Waals surface area (Å²) in [5.74, 6) is 0.210. The van der Waals surface area contributed by atoms with Gasteiger partial charge in [0, 0.05) is 5.92 Å². The normalized spacial score (nSPS) is 13.8. The zero-order chi connectivity index (χ0) is 18.3. The average Bonchev–Trinajstić information content (AvgIpc) is 3.29. The highest BCUT2D eigenvalue weighted by molar-refractivity contribution is 7.15. The van der Waals surface area contributed by atoms with Crippen molar-refractivity contribution < 1.29 is 4.79 Å². The van der Waals surface area contributed by atoms with Gasteiger partial charge in [-0.3, -0.25) is 10.1 Å². The summed E-state index contributed by atoms with van der Waals surface area (Å²) in [6, 6.07) is 8.15. The number of benzene rings is 1. The van der Waals surface area contributed by atoms with Crippen LogP contribution in [0.25, 0.3) is 0 Å². The van der Waals surface area contributed by atoms with Crippen molar-refractivity contribution in [1.29, 1.82) is 0 Å². The monoisotopic (exact) mass is 387 g/mol. The molecule has 0 radical (unpaired) electrons. The van der Waals surface area contributed by atoms with Crippen LogP contribution in [0.2, 0.25) is 5.15 Å². The molecule has 1 aromatic carbocycles. The Bertz CT molecular complexity index is 959. The number of rotatable bonds is 5. The van der Waals surface area contributed by atoms with Crippen LogP contribution in [0.1, 0.15) is 50.9 Å². The summed E-state index contributed by atoms with van der Waals surface area (Å²) in [5, 5.41) is 17.2. The Balaban J connectivity index is 1.52. The summed E-state index contributed by atoms with van der Waals surface area (Å²) in [7, 11) is 0. The molecule has 1 amide bonds. The molecule has 0 aliphatic heterocycles. The zero-order valence-corrected chi connectivity index (χ0v) is 16.1. The highest BCUT2D eigenvalue weighted by Crippen LogP contribution is 2.42. The van der Waals surface area contributed by atoms with Crippen molar-refractivity contribution >= 4 is 34.0 Å². The molecule has 26 heavy (non-hydrogen) atoms. The molecule has 1 aliphatic rings. The van der Waals surface area contributed by atoms with E-state index in [1.165, 1.54) is 16.9 Å². The van der Waals surface area contributed by atoms with Gasteiger partial charge < -0.3 is 0 Å². The molecule has 1 aliphatic carbocycles. The Hall–Kier alpha value is -2.25. The fraction of sp³-hybridized carbons (Fsp3) is 0.333. The Kier molecular flexibility index (Phi) is 4.50. The van der Waals surface area contributed by atoms with Crippen molar-refractivity contribution in [3.05, 3.63) is 56.8 Å². The number of carbonyl (C=O) groups is 1. The second kappa shape index (κ2) is 6.81. The van der Waals surface area contributed by atoms with Crippen LogP contribution in [0.3, 0.4) is 0 Å². The lowest BCUT2D eigenvalue weighted by Crippen LogP contribution is -2.13. The average molecular weight is 388 g/mol. The smallest absolute Gasteiger partial charge is 0.262 e. The summed E-state index contributed by atoms with van der Waals surface area (Å²) in [6.45, 7) is 4.33. The van der Waals surface area contributed by atoms with E-state index in [-0.39, 0.29) is 5.91 Å². The third-order valence-corrected chi connectivity index (χ3v) is 5.72. The summed E-state index contributed by atoms with van der Waals surface area (Å²) in [5.41, 5.74) is 3.23. The van der Waals surface area contributed by atoms with Crippen molar-refractivity contribution in [2.45, 2.75) is 39.2 Å². The van der Waals surface area contributed by atoms with Gasteiger partial charge in [0.25, 0.3) is 5.91 Å². The van der Waals surface area contributed by atoms with Gasteiger partial charge in [-0.1, -0.05) is 52.8 Å². The van der Waals surface area contributed by atoms with Crippen LogP contribution in [-0.2, 0) is 6.54 Å². The van der Waals surface area contributed by atoms with E-state index in [0.717, 1.165) is 23.4 Å². The predicted octanol–water partition coefficient (Wildman–Crippen LogP) is 4.18. The Labute approximate surface area is 160 Å². The van der Waals surface area contributed by atoms with Gasteiger partial charge in [-0.05, 0) is 32.3 Å². The first kappa shape index (κ1) is 17.2. The molecule has 0 saturated heterocycles. The number of hydrogen-bond donors (Lipinski definition) is 1. The van der Waals surface area contributed by atoms with Crippen LogP contribution >= 0.6 is 22.9 Å². The van der Waals surface area contributed by atoms with Crippen LogP contribution in [0.5, 0.6) is 0 Å². The molecule has 3 aromatic rings. The Morgan fingerprint density at radius 2 is 2.00 bits per heavy atom. The van der Waals surface area contributed by atoms with E-state index in [2.05, 4.69) is 20.6 Å². The van der Waals surface area contributed by atoms with Gasteiger partial charge in [0.15, 0.2) is 0 Å². The molecule has 1 saturated carbocycles. The third kappa shape index (κ3) is 3.50. The minimum Gasteiger partial charge on any atom is -0.296 e. The molecule has 0 unspecified atom stereocenters.